The third-order valence-corrected chi connectivity index (χ3v) is 11.1. The number of para-hydroxylation sites is 1. The van der Waals surface area contributed by atoms with Crippen molar-refractivity contribution in [1.82, 2.24) is 0 Å². The Labute approximate surface area is 310 Å². The Morgan fingerprint density at radius 3 is 1.75 bits per heavy atom. The van der Waals surface area contributed by atoms with Crippen molar-refractivity contribution in [3.05, 3.63) is 199 Å². The summed E-state index contributed by atoms with van der Waals surface area (Å²) < 4.78 is 6.34. The third-order valence-electron chi connectivity index (χ3n) is 11.1. The van der Waals surface area contributed by atoms with Gasteiger partial charge in [-0.25, -0.2) is 0 Å². The number of furan rings is 1. The molecule has 1 aliphatic rings. The van der Waals surface area contributed by atoms with Crippen LogP contribution in [0.1, 0.15) is 25.0 Å². The van der Waals surface area contributed by atoms with Crippen LogP contribution in [0.3, 0.4) is 0 Å². The molecule has 1 aromatic heterocycles. The fourth-order valence-corrected chi connectivity index (χ4v) is 8.57. The van der Waals surface area contributed by atoms with Gasteiger partial charge in [0.15, 0.2) is 0 Å². The zero-order chi connectivity index (χ0) is 35.5. The van der Waals surface area contributed by atoms with Gasteiger partial charge in [-0.2, -0.15) is 0 Å². The second kappa shape index (κ2) is 12.3. The summed E-state index contributed by atoms with van der Waals surface area (Å²) >= 11 is 0. The summed E-state index contributed by atoms with van der Waals surface area (Å²) in [4.78, 5) is 2.46. The van der Waals surface area contributed by atoms with Crippen LogP contribution < -0.4 is 4.90 Å². The van der Waals surface area contributed by atoms with E-state index in [0.29, 0.717) is 0 Å². The summed E-state index contributed by atoms with van der Waals surface area (Å²) in [5.41, 5.74) is 17.4. The Balaban J connectivity index is 1.29. The Morgan fingerprint density at radius 1 is 0.396 bits per heavy atom. The molecule has 0 fully saturated rings. The molecule has 0 unspecified atom stereocenters. The molecule has 0 atom stereocenters. The van der Waals surface area contributed by atoms with E-state index < -0.39 is 0 Å². The van der Waals surface area contributed by atoms with Gasteiger partial charge in [0.2, 0.25) is 0 Å². The molecule has 10 rings (SSSR count). The van der Waals surface area contributed by atoms with Gasteiger partial charge < -0.3 is 9.32 Å². The molecule has 0 saturated heterocycles. The van der Waals surface area contributed by atoms with Gasteiger partial charge in [0.05, 0.1) is 5.69 Å². The molecule has 0 N–H and O–H groups in total. The molecule has 1 heterocycles. The van der Waals surface area contributed by atoms with Crippen molar-refractivity contribution < 1.29 is 4.42 Å². The van der Waals surface area contributed by atoms with Crippen molar-refractivity contribution in [2.75, 3.05) is 4.90 Å². The van der Waals surface area contributed by atoms with Crippen molar-refractivity contribution in [3.63, 3.8) is 0 Å². The topological polar surface area (TPSA) is 16.4 Å². The molecule has 0 spiro atoms. The Kier molecular flexibility index (Phi) is 7.19. The summed E-state index contributed by atoms with van der Waals surface area (Å²) in [6, 6.07) is 68.0. The highest BCUT2D eigenvalue weighted by molar-refractivity contribution is 6.08. The molecule has 0 aliphatic heterocycles. The monoisotopic (exact) mass is 679 g/mol. The molecule has 1 aliphatic carbocycles. The van der Waals surface area contributed by atoms with E-state index in [4.69, 9.17) is 4.42 Å². The van der Waals surface area contributed by atoms with Crippen LogP contribution in [0.4, 0.5) is 17.1 Å². The summed E-state index contributed by atoms with van der Waals surface area (Å²) in [6.45, 7) is 4.68. The maximum absolute atomic E-state index is 6.34. The molecule has 2 nitrogen and oxygen atoms in total. The maximum atomic E-state index is 6.34. The zero-order valence-corrected chi connectivity index (χ0v) is 29.8. The second-order valence-corrected chi connectivity index (χ2v) is 14.5. The van der Waals surface area contributed by atoms with Gasteiger partial charge in [0.1, 0.15) is 11.2 Å². The van der Waals surface area contributed by atoms with Crippen LogP contribution in [0.15, 0.2) is 192 Å². The minimum absolute atomic E-state index is 0.0864. The van der Waals surface area contributed by atoms with E-state index in [1.165, 1.54) is 55.6 Å². The molecule has 8 aromatic carbocycles. The number of rotatable bonds is 6. The molecule has 9 aromatic rings. The van der Waals surface area contributed by atoms with Crippen molar-refractivity contribution in [2.24, 2.45) is 0 Å². The molecular weight excluding hydrogens is 643 g/mol. The number of fused-ring (bicyclic) bond motifs is 6. The van der Waals surface area contributed by atoms with Crippen LogP contribution in [0, 0.1) is 0 Å². The first-order valence-electron chi connectivity index (χ1n) is 18.4. The lowest BCUT2D eigenvalue weighted by atomic mass is 9.82. The first-order chi connectivity index (χ1) is 26.1. The van der Waals surface area contributed by atoms with Gasteiger partial charge in [-0.15, -0.1) is 0 Å². The molecule has 252 valence electrons. The predicted molar refractivity (Wildman–Crippen MR) is 222 cm³/mol. The lowest BCUT2D eigenvalue weighted by molar-refractivity contribution is 0.660. The largest absolute Gasteiger partial charge is 0.456 e. The minimum Gasteiger partial charge on any atom is -0.456 e. The van der Waals surface area contributed by atoms with E-state index in [1.807, 2.05) is 6.07 Å². The first kappa shape index (κ1) is 31.1. The van der Waals surface area contributed by atoms with Crippen LogP contribution in [0.5, 0.6) is 0 Å². The van der Waals surface area contributed by atoms with Gasteiger partial charge in [-0.3, -0.25) is 0 Å². The van der Waals surface area contributed by atoms with Crippen LogP contribution in [0.2, 0.25) is 0 Å². The standard InChI is InChI=1S/C51H37NO/c1-51(2)45-25-13-11-21-40(45)43-32-36(28-30-46(43)51)52(37-29-31-49-44(33-37)41-22-12-14-27-48(41)53-49)47-26-15-24-39(35-18-7-4-8-19-35)50(47)42-23-10-9-20-38(42)34-16-5-3-6-17-34/h3-33H,1-2H3. The van der Waals surface area contributed by atoms with E-state index in [0.717, 1.165) is 39.0 Å². The number of benzene rings is 8. The maximum Gasteiger partial charge on any atom is 0.135 e. The summed E-state index contributed by atoms with van der Waals surface area (Å²) in [5.74, 6) is 0. The number of anilines is 3. The van der Waals surface area contributed by atoms with Crippen molar-refractivity contribution >= 4 is 39.0 Å². The van der Waals surface area contributed by atoms with Crippen LogP contribution >= 0.6 is 0 Å². The van der Waals surface area contributed by atoms with Gasteiger partial charge in [-0.05, 0) is 92.5 Å². The molecule has 0 amide bonds. The molecule has 53 heavy (non-hydrogen) atoms. The molecule has 2 heteroatoms. The van der Waals surface area contributed by atoms with E-state index in [-0.39, 0.29) is 5.41 Å². The van der Waals surface area contributed by atoms with Gasteiger partial charge in [0, 0.05) is 33.1 Å². The van der Waals surface area contributed by atoms with E-state index in [9.17, 15) is 0 Å². The quantitative estimate of drug-likeness (QED) is 0.174. The fraction of sp³-hybridized carbons (Fsp3) is 0.0588. The second-order valence-electron chi connectivity index (χ2n) is 14.5. The van der Waals surface area contributed by atoms with Crippen molar-refractivity contribution in [2.45, 2.75) is 19.3 Å². The highest BCUT2D eigenvalue weighted by Gasteiger charge is 2.36. The van der Waals surface area contributed by atoms with E-state index >= 15 is 0 Å². The summed E-state index contributed by atoms with van der Waals surface area (Å²) in [7, 11) is 0. The molecular formula is C51H37NO. The Bertz CT molecular complexity index is 2810. The summed E-state index contributed by atoms with van der Waals surface area (Å²) in [5, 5.41) is 2.21. The lowest BCUT2D eigenvalue weighted by Gasteiger charge is -2.30. The lowest BCUT2D eigenvalue weighted by Crippen LogP contribution is -2.15. The predicted octanol–water partition coefficient (Wildman–Crippen LogP) is 14.4. The van der Waals surface area contributed by atoms with Gasteiger partial charge in [-0.1, -0.05) is 159 Å². The highest BCUT2D eigenvalue weighted by atomic mass is 16.3. The Hall–Kier alpha value is -6.64. The van der Waals surface area contributed by atoms with Gasteiger partial charge in [0.25, 0.3) is 0 Å². The van der Waals surface area contributed by atoms with Crippen LogP contribution in [-0.4, -0.2) is 0 Å². The minimum atomic E-state index is -0.0864. The first-order valence-corrected chi connectivity index (χ1v) is 18.4. The number of hydrogen-bond donors (Lipinski definition) is 0. The molecule has 0 radical (unpaired) electrons. The number of hydrogen-bond acceptors (Lipinski definition) is 2. The van der Waals surface area contributed by atoms with Crippen molar-refractivity contribution in [1.29, 1.82) is 0 Å². The van der Waals surface area contributed by atoms with E-state index in [2.05, 4.69) is 201 Å². The van der Waals surface area contributed by atoms with E-state index in [1.54, 1.807) is 0 Å². The normalized spacial score (nSPS) is 12.9. The third kappa shape index (κ3) is 5.02. The van der Waals surface area contributed by atoms with Crippen LogP contribution in [0.25, 0.3) is 66.4 Å². The average Bonchev–Trinajstić information content (AvgIpc) is 3.70. The molecule has 0 saturated carbocycles. The SMILES string of the molecule is CC1(C)c2ccccc2-c2cc(N(c3ccc4oc5ccccc5c4c3)c3cccc(-c4ccccc4)c3-c3ccccc3-c3ccccc3)ccc21. The van der Waals surface area contributed by atoms with Crippen molar-refractivity contribution in [3.8, 4) is 44.5 Å². The Morgan fingerprint density at radius 2 is 0.962 bits per heavy atom. The van der Waals surface area contributed by atoms with Crippen LogP contribution in [-0.2, 0) is 5.41 Å². The highest BCUT2D eigenvalue weighted by Crippen LogP contribution is 2.53. The molecule has 0 bridgehead atoms. The number of nitrogens with zero attached hydrogens (tertiary/aromatic N) is 1. The summed E-state index contributed by atoms with van der Waals surface area (Å²) in [6.07, 6.45) is 0. The average molecular weight is 680 g/mol. The fourth-order valence-electron chi connectivity index (χ4n) is 8.57. The zero-order valence-electron chi connectivity index (χ0n) is 29.8. The smallest absolute Gasteiger partial charge is 0.135 e. The van der Waals surface area contributed by atoms with Gasteiger partial charge >= 0.3 is 0 Å².